The molecule has 2 rings (SSSR count). The van der Waals surface area contributed by atoms with Crippen LogP contribution >= 0.6 is 0 Å². The SMILES string of the molecule is C=CCc1ccccc1OC[C@H](O)CN1CCOCC1. The fourth-order valence-electron chi connectivity index (χ4n) is 2.29. The fourth-order valence-corrected chi connectivity index (χ4v) is 2.29. The molecular weight excluding hydrogens is 254 g/mol. The quantitative estimate of drug-likeness (QED) is 0.767. The van der Waals surface area contributed by atoms with E-state index in [2.05, 4.69) is 11.5 Å². The van der Waals surface area contributed by atoms with Gasteiger partial charge in [0.05, 0.1) is 13.2 Å². The van der Waals surface area contributed by atoms with Gasteiger partial charge in [0, 0.05) is 19.6 Å². The van der Waals surface area contributed by atoms with Crippen LogP contribution in [0.2, 0.25) is 0 Å². The maximum absolute atomic E-state index is 10.1. The molecule has 4 heteroatoms. The number of nitrogens with zero attached hydrogens (tertiary/aromatic N) is 1. The largest absolute Gasteiger partial charge is 0.491 e. The molecule has 0 radical (unpaired) electrons. The van der Waals surface area contributed by atoms with Gasteiger partial charge in [-0.15, -0.1) is 6.58 Å². The van der Waals surface area contributed by atoms with Crippen molar-refractivity contribution in [2.75, 3.05) is 39.5 Å². The first kappa shape index (κ1) is 15.0. The van der Waals surface area contributed by atoms with Gasteiger partial charge >= 0.3 is 0 Å². The summed E-state index contributed by atoms with van der Waals surface area (Å²) in [5, 5.41) is 10.1. The fraction of sp³-hybridized carbons (Fsp3) is 0.500. The molecule has 0 saturated carbocycles. The molecule has 1 aliphatic heterocycles. The number of hydrogen-bond acceptors (Lipinski definition) is 4. The van der Waals surface area contributed by atoms with Crippen molar-refractivity contribution in [3.63, 3.8) is 0 Å². The number of aliphatic hydroxyl groups is 1. The minimum absolute atomic E-state index is 0.311. The van der Waals surface area contributed by atoms with Crippen LogP contribution in [0, 0.1) is 0 Å². The van der Waals surface area contributed by atoms with Crippen molar-refractivity contribution in [1.82, 2.24) is 4.90 Å². The van der Waals surface area contributed by atoms with Crippen molar-refractivity contribution in [2.45, 2.75) is 12.5 Å². The maximum atomic E-state index is 10.1. The molecule has 0 bridgehead atoms. The van der Waals surface area contributed by atoms with E-state index in [1.54, 1.807) is 0 Å². The Bertz CT molecular complexity index is 416. The average molecular weight is 277 g/mol. The lowest BCUT2D eigenvalue weighted by atomic mass is 10.1. The summed E-state index contributed by atoms with van der Waals surface area (Å²) in [6, 6.07) is 7.87. The van der Waals surface area contributed by atoms with Crippen LogP contribution in [0.4, 0.5) is 0 Å². The van der Waals surface area contributed by atoms with Crippen molar-refractivity contribution in [3.05, 3.63) is 42.5 Å². The molecule has 4 nitrogen and oxygen atoms in total. The summed E-state index contributed by atoms with van der Waals surface area (Å²) < 4.78 is 11.0. The molecule has 1 N–H and O–H groups in total. The second kappa shape index (κ2) is 8.04. The zero-order valence-electron chi connectivity index (χ0n) is 11.8. The Morgan fingerprint density at radius 2 is 2.10 bits per heavy atom. The molecule has 1 heterocycles. The summed E-state index contributed by atoms with van der Waals surface area (Å²) in [7, 11) is 0. The van der Waals surface area contributed by atoms with Gasteiger partial charge in [0.15, 0.2) is 0 Å². The standard InChI is InChI=1S/C16H23NO3/c1-2-5-14-6-3-4-7-16(14)20-13-15(18)12-17-8-10-19-11-9-17/h2-4,6-7,15,18H,1,5,8-13H2/t15-/m1/s1. The van der Waals surface area contributed by atoms with Gasteiger partial charge in [-0.2, -0.15) is 0 Å². The maximum Gasteiger partial charge on any atom is 0.122 e. The second-order valence-electron chi connectivity index (χ2n) is 4.98. The minimum Gasteiger partial charge on any atom is -0.491 e. The molecule has 0 aromatic heterocycles. The minimum atomic E-state index is -0.482. The van der Waals surface area contributed by atoms with Crippen LogP contribution in [-0.2, 0) is 11.2 Å². The van der Waals surface area contributed by atoms with Gasteiger partial charge < -0.3 is 14.6 Å². The summed E-state index contributed by atoms with van der Waals surface area (Å²) in [6.07, 6.45) is 2.15. The van der Waals surface area contributed by atoms with E-state index in [1.807, 2.05) is 30.3 Å². The van der Waals surface area contributed by atoms with E-state index in [4.69, 9.17) is 9.47 Å². The predicted molar refractivity (Wildman–Crippen MR) is 79.1 cm³/mol. The van der Waals surface area contributed by atoms with Gasteiger partial charge in [-0.05, 0) is 18.1 Å². The van der Waals surface area contributed by atoms with Gasteiger partial charge in [0.25, 0.3) is 0 Å². The van der Waals surface area contributed by atoms with Crippen LogP contribution in [0.1, 0.15) is 5.56 Å². The number of morpholine rings is 1. The number of rotatable bonds is 7. The topological polar surface area (TPSA) is 41.9 Å². The molecule has 0 spiro atoms. The first-order valence-electron chi connectivity index (χ1n) is 7.09. The van der Waals surface area contributed by atoms with E-state index in [1.165, 1.54) is 0 Å². The van der Waals surface area contributed by atoms with Crippen molar-refractivity contribution < 1.29 is 14.6 Å². The number of ether oxygens (including phenoxy) is 2. The molecule has 20 heavy (non-hydrogen) atoms. The highest BCUT2D eigenvalue weighted by Gasteiger charge is 2.15. The highest BCUT2D eigenvalue weighted by molar-refractivity contribution is 5.34. The Hall–Kier alpha value is -1.36. The van der Waals surface area contributed by atoms with Gasteiger partial charge in [-0.1, -0.05) is 24.3 Å². The number of β-amino-alcohol motifs (C(OH)–C–C–N with tert-alkyl or cyclic N) is 1. The van der Waals surface area contributed by atoms with Crippen molar-refractivity contribution in [2.24, 2.45) is 0 Å². The molecule has 0 amide bonds. The third-order valence-electron chi connectivity index (χ3n) is 3.34. The summed E-state index contributed by atoms with van der Waals surface area (Å²) in [5.74, 6) is 0.827. The number of benzene rings is 1. The summed E-state index contributed by atoms with van der Waals surface area (Å²) in [5.41, 5.74) is 1.10. The molecule has 0 unspecified atom stereocenters. The second-order valence-corrected chi connectivity index (χ2v) is 4.98. The van der Waals surface area contributed by atoms with Crippen LogP contribution < -0.4 is 4.74 Å². The van der Waals surface area contributed by atoms with Crippen LogP contribution in [0.15, 0.2) is 36.9 Å². The van der Waals surface area contributed by atoms with Crippen molar-refractivity contribution in [1.29, 1.82) is 0 Å². The Kier molecular flexibility index (Phi) is 6.05. The first-order valence-corrected chi connectivity index (χ1v) is 7.09. The van der Waals surface area contributed by atoms with Crippen LogP contribution in [0.25, 0.3) is 0 Å². The molecule has 0 aliphatic carbocycles. The van der Waals surface area contributed by atoms with E-state index < -0.39 is 6.10 Å². The van der Waals surface area contributed by atoms with Gasteiger partial charge in [-0.3, -0.25) is 4.90 Å². The third-order valence-corrected chi connectivity index (χ3v) is 3.34. The Balaban J connectivity index is 1.80. The van der Waals surface area contributed by atoms with Crippen LogP contribution in [0.5, 0.6) is 5.75 Å². The monoisotopic (exact) mass is 277 g/mol. The third kappa shape index (κ3) is 4.63. The van der Waals surface area contributed by atoms with Gasteiger partial charge in [0.2, 0.25) is 0 Å². The first-order chi connectivity index (χ1) is 9.79. The molecule has 1 fully saturated rings. The molecule has 1 atom stereocenters. The van der Waals surface area contributed by atoms with Gasteiger partial charge in [-0.25, -0.2) is 0 Å². The van der Waals surface area contributed by atoms with Crippen molar-refractivity contribution >= 4 is 0 Å². The number of hydrogen-bond donors (Lipinski definition) is 1. The van der Waals surface area contributed by atoms with E-state index >= 15 is 0 Å². The van der Waals surface area contributed by atoms with Crippen LogP contribution in [0.3, 0.4) is 0 Å². The Labute approximate surface area is 120 Å². The molecule has 1 aromatic rings. The summed E-state index contributed by atoms with van der Waals surface area (Å²) in [6.45, 7) is 7.94. The van der Waals surface area contributed by atoms with E-state index in [0.29, 0.717) is 13.2 Å². The van der Waals surface area contributed by atoms with Crippen molar-refractivity contribution in [3.8, 4) is 5.75 Å². The van der Waals surface area contributed by atoms with Crippen LogP contribution in [-0.4, -0.2) is 55.6 Å². The highest BCUT2D eigenvalue weighted by atomic mass is 16.5. The molecule has 110 valence electrons. The zero-order chi connectivity index (χ0) is 14.2. The predicted octanol–water partition coefficient (Wildman–Crippen LogP) is 1.49. The average Bonchev–Trinajstić information content (AvgIpc) is 2.48. The zero-order valence-corrected chi connectivity index (χ0v) is 11.8. The molecule has 1 aromatic carbocycles. The number of aliphatic hydroxyl groups excluding tert-OH is 1. The lowest BCUT2D eigenvalue weighted by Gasteiger charge is -2.28. The summed E-state index contributed by atoms with van der Waals surface area (Å²) >= 11 is 0. The number of allylic oxidation sites excluding steroid dienone is 1. The van der Waals surface area contributed by atoms with E-state index in [9.17, 15) is 5.11 Å². The smallest absolute Gasteiger partial charge is 0.122 e. The normalized spacial score (nSPS) is 17.6. The van der Waals surface area contributed by atoms with E-state index in [-0.39, 0.29) is 0 Å². The van der Waals surface area contributed by atoms with E-state index in [0.717, 1.165) is 44.0 Å². The lowest BCUT2D eigenvalue weighted by molar-refractivity contribution is 0.00459. The van der Waals surface area contributed by atoms with Gasteiger partial charge in [0.1, 0.15) is 18.5 Å². The Morgan fingerprint density at radius 3 is 2.85 bits per heavy atom. The Morgan fingerprint density at radius 1 is 1.35 bits per heavy atom. The highest BCUT2D eigenvalue weighted by Crippen LogP contribution is 2.19. The molecule has 1 saturated heterocycles. The molecular formula is C16H23NO3. The lowest BCUT2D eigenvalue weighted by Crippen LogP contribution is -2.42. The molecule has 1 aliphatic rings. The number of para-hydroxylation sites is 1. The summed E-state index contributed by atoms with van der Waals surface area (Å²) in [4.78, 5) is 2.20.